The van der Waals surface area contributed by atoms with Gasteiger partial charge in [0.2, 0.25) is 21.8 Å². The summed E-state index contributed by atoms with van der Waals surface area (Å²) in [5, 5.41) is 5.47. The zero-order chi connectivity index (χ0) is 21.6. The Morgan fingerprint density at radius 1 is 0.933 bits per heavy atom. The van der Waals surface area contributed by atoms with Gasteiger partial charge in [0.25, 0.3) is 0 Å². The van der Waals surface area contributed by atoms with E-state index in [-0.39, 0.29) is 23.1 Å². The number of aryl methyl sites for hydroxylation is 1. The van der Waals surface area contributed by atoms with Gasteiger partial charge in [0.15, 0.2) is 0 Å². The maximum atomic E-state index is 12.6. The van der Waals surface area contributed by atoms with Gasteiger partial charge in [0.1, 0.15) is 0 Å². The van der Waals surface area contributed by atoms with Crippen molar-refractivity contribution in [3.8, 4) is 0 Å². The van der Waals surface area contributed by atoms with Crippen LogP contribution >= 0.6 is 0 Å². The summed E-state index contributed by atoms with van der Waals surface area (Å²) in [7, 11) is -3.51. The molecule has 0 aliphatic carbocycles. The molecule has 30 heavy (non-hydrogen) atoms. The largest absolute Gasteiger partial charge is 0.379 e. The number of carbonyl (C=O) groups excluding carboxylic acids is 2. The number of hydrogen-bond acceptors (Lipinski definition) is 5. The number of ether oxygens (including phenoxy) is 1. The fraction of sp³-hybridized carbons (Fsp3) is 0.333. The van der Waals surface area contributed by atoms with E-state index in [1.807, 2.05) is 0 Å². The molecule has 160 valence electrons. The lowest BCUT2D eigenvalue weighted by Gasteiger charge is -2.26. The van der Waals surface area contributed by atoms with E-state index in [0.29, 0.717) is 44.1 Å². The number of sulfonamides is 1. The van der Waals surface area contributed by atoms with Crippen molar-refractivity contribution in [2.75, 3.05) is 36.9 Å². The summed E-state index contributed by atoms with van der Waals surface area (Å²) in [6.45, 7) is 2.96. The fourth-order valence-electron chi connectivity index (χ4n) is 3.09. The van der Waals surface area contributed by atoms with Crippen LogP contribution in [0.3, 0.4) is 0 Å². The average Bonchev–Trinajstić information content (AvgIpc) is 2.74. The highest BCUT2D eigenvalue weighted by Crippen LogP contribution is 2.19. The molecule has 1 saturated heterocycles. The third-order valence-corrected chi connectivity index (χ3v) is 6.57. The molecular weight excluding hydrogens is 406 g/mol. The first-order chi connectivity index (χ1) is 14.3. The first-order valence-electron chi connectivity index (χ1n) is 9.69. The number of benzene rings is 2. The topological polar surface area (TPSA) is 105 Å². The van der Waals surface area contributed by atoms with Crippen molar-refractivity contribution in [1.29, 1.82) is 0 Å². The molecule has 0 unspecified atom stereocenters. The Balaban J connectivity index is 1.52. The molecule has 1 aliphatic rings. The molecule has 9 heteroatoms. The quantitative estimate of drug-likeness (QED) is 0.700. The van der Waals surface area contributed by atoms with Crippen molar-refractivity contribution in [3.05, 3.63) is 54.1 Å². The van der Waals surface area contributed by atoms with Crippen LogP contribution in [0.4, 0.5) is 11.4 Å². The van der Waals surface area contributed by atoms with E-state index in [2.05, 4.69) is 10.6 Å². The van der Waals surface area contributed by atoms with Gasteiger partial charge in [-0.1, -0.05) is 12.1 Å². The molecule has 3 rings (SSSR count). The summed E-state index contributed by atoms with van der Waals surface area (Å²) in [6.07, 6.45) is 0.761. The zero-order valence-electron chi connectivity index (χ0n) is 16.8. The van der Waals surface area contributed by atoms with Gasteiger partial charge in [-0.15, -0.1) is 0 Å². The Morgan fingerprint density at radius 2 is 1.50 bits per heavy atom. The van der Waals surface area contributed by atoms with Gasteiger partial charge < -0.3 is 15.4 Å². The second-order valence-corrected chi connectivity index (χ2v) is 8.91. The molecule has 0 atom stereocenters. The van der Waals surface area contributed by atoms with Crippen LogP contribution in [0.5, 0.6) is 0 Å². The second kappa shape index (κ2) is 9.84. The highest BCUT2D eigenvalue weighted by atomic mass is 32.2. The van der Waals surface area contributed by atoms with E-state index < -0.39 is 10.0 Å². The summed E-state index contributed by atoms with van der Waals surface area (Å²) in [5.41, 5.74) is 2.18. The normalized spacial score (nSPS) is 14.8. The average molecular weight is 432 g/mol. The van der Waals surface area contributed by atoms with Crippen molar-refractivity contribution < 1.29 is 22.7 Å². The summed E-state index contributed by atoms with van der Waals surface area (Å²) < 4.78 is 31.9. The van der Waals surface area contributed by atoms with E-state index in [0.717, 1.165) is 5.56 Å². The molecule has 8 nitrogen and oxygen atoms in total. The Labute approximate surface area is 176 Å². The molecule has 2 aromatic carbocycles. The molecule has 1 aliphatic heterocycles. The molecule has 2 amide bonds. The number of anilines is 2. The zero-order valence-corrected chi connectivity index (χ0v) is 17.6. The predicted molar refractivity (Wildman–Crippen MR) is 114 cm³/mol. The van der Waals surface area contributed by atoms with E-state index in [1.165, 1.54) is 11.2 Å². The van der Waals surface area contributed by atoms with Crippen LogP contribution < -0.4 is 10.6 Å². The summed E-state index contributed by atoms with van der Waals surface area (Å²) in [5.74, 6) is -0.303. The lowest BCUT2D eigenvalue weighted by molar-refractivity contribution is -0.116. The Morgan fingerprint density at radius 3 is 2.07 bits per heavy atom. The minimum Gasteiger partial charge on any atom is -0.379 e. The van der Waals surface area contributed by atoms with Crippen LogP contribution in [0.15, 0.2) is 53.4 Å². The van der Waals surface area contributed by atoms with Crippen LogP contribution in [-0.4, -0.2) is 50.8 Å². The predicted octanol–water partition coefficient (Wildman–Crippen LogP) is 2.24. The molecule has 0 aromatic heterocycles. The minimum atomic E-state index is -3.51. The maximum absolute atomic E-state index is 12.6. The SMILES string of the molecule is CC(=O)Nc1ccc(NC(=O)CCc2ccc(S(=O)(=O)N3CCOCC3)cc2)cc1. The third-order valence-electron chi connectivity index (χ3n) is 4.66. The Hall–Kier alpha value is -2.75. The molecule has 0 spiro atoms. The van der Waals surface area contributed by atoms with Crippen molar-refractivity contribution in [3.63, 3.8) is 0 Å². The van der Waals surface area contributed by atoms with Crippen LogP contribution in [0, 0.1) is 0 Å². The van der Waals surface area contributed by atoms with Crippen LogP contribution in [0.25, 0.3) is 0 Å². The standard InChI is InChI=1S/C21H25N3O5S/c1-16(25)22-18-5-7-19(8-6-18)23-21(26)11-4-17-2-9-20(10-3-17)30(27,28)24-12-14-29-15-13-24/h2-3,5-10H,4,11-15H2,1H3,(H,22,25)(H,23,26). The van der Waals surface area contributed by atoms with Crippen molar-refractivity contribution in [1.82, 2.24) is 4.31 Å². The number of carbonyl (C=O) groups is 2. The Bertz CT molecular complexity index is 982. The molecule has 2 aromatic rings. The summed E-state index contributed by atoms with van der Waals surface area (Å²) in [4.78, 5) is 23.5. The number of amides is 2. The number of rotatable bonds is 7. The van der Waals surface area contributed by atoms with Crippen molar-refractivity contribution >= 4 is 33.2 Å². The van der Waals surface area contributed by atoms with E-state index in [9.17, 15) is 18.0 Å². The number of nitrogens with zero attached hydrogens (tertiary/aromatic N) is 1. The first kappa shape index (κ1) is 21.9. The van der Waals surface area contributed by atoms with Gasteiger partial charge >= 0.3 is 0 Å². The van der Waals surface area contributed by atoms with Gasteiger partial charge in [0, 0.05) is 37.8 Å². The second-order valence-electron chi connectivity index (χ2n) is 6.97. The van der Waals surface area contributed by atoms with Crippen LogP contribution in [0.2, 0.25) is 0 Å². The molecule has 1 heterocycles. The number of morpholine rings is 1. The molecule has 0 radical (unpaired) electrons. The first-order valence-corrected chi connectivity index (χ1v) is 11.1. The van der Waals surface area contributed by atoms with Gasteiger partial charge in [-0.05, 0) is 48.4 Å². The van der Waals surface area contributed by atoms with E-state index >= 15 is 0 Å². The maximum Gasteiger partial charge on any atom is 0.243 e. The van der Waals surface area contributed by atoms with Crippen molar-refractivity contribution in [2.24, 2.45) is 0 Å². The lowest BCUT2D eigenvalue weighted by atomic mass is 10.1. The van der Waals surface area contributed by atoms with Gasteiger partial charge in [-0.3, -0.25) is 9.59 Å². The van der Waals surface area contributed by atoms with E-state index in [4.69, 9.17) is 4.74 Å². The number of hydrogen-bond donors (Lipinski definition) is 2. The smallest absolute Gasteiger partial charge is 0.243 e. The third kappa shape index (κ3) is 5.88. The number of nitrogens with one attached hydrogen (secondary N) is 2. The van der Waals surface area contributed by atoms with Crippen molar-refractivity contribution in [2.45, 2.75) is 24.7 Å². The highest BCUT2D eigenvalue weighted by molar-refractivity contribution is 7.89. The lowest BCUT2D eigenvalue weighted by Crippen LogP contribution is -2.40. The molecule has 2 N–H and O–H groups in total. The summed E-state index contributed by atoms with van der Waals surface area (Å²) >= 11 is 0. The molecule has 1 fully saturated rings. The monoisotopic (exact) mass is 431 g/mol. The summed E-state index contributed by atoms with van der Waals surface area (Å²) in [6, 6.07) is 13.5. The van der Waals surface area contributed by atoms with Crippen LogP contribution in [0.1, 0.15) is 18.9 Å². The van der Waals surface area contributed by atoms with Gasteiger partial charge in [-0.25, -0.2) is 8.42 Å². The fourth-order valence-corrected chi connectivity index (χ4v) is 4.49. The van der Waals surface area contributed by atoms with Gasteiger partial charge in [-0.2, -0.15) is 4.31 Å². The van der Waals surface area contributed by atoms with E-state index in [1.54, 1.807) is 48.5 Å². The molecule has 0 bridgehead atoms. The Kier molecular flexibility index (Phi) is 7.20. The minimum absolute atomic E-state index is 0.146. The van der Waals surface area contributed by atoms with Crippen LogP contribution in [-0.2, 0) is 30.8 Å². The highest BCUT2D eigenvalue weighted by Gasteiger charge is 2.26. The molecule has 0 saturated carbocycles. The molecular formula is C21H25N3O5S. The van der Waals surface area contributed by atoms with Gasteiger partial charge in [0.05, 0.1) is 18.1 Å².